The molecule has 1 atom stereocenters. The summed E-state index contributed by atoms with van der Waals surface area (Å²) in [6, 6.07) is 18.5. The summed E-state index contributed by atoms with van der Waals surface area (Å²) in [5.74, 6) is -0.459. The highest BCUT2D eigenvalue weighted by molar-refractivity contribution is 5.94. The average Bonchev–Trinajstić information content (AvgIpc) is 2.92. The van der Waals surface area contributed by atoms with Gasteiger partial charge in [0.25, 0.3) is 0 Å². The number of carbonyl (C=O) groups is 1. The Balaban J connectivity index is 1.52. The molecular weight excluding hydrogens is 480 g/mol. The second kappa shape index (κ2) is 10.8. The Kier molecular flexibility index (Phi) is 7.31. The van der Waals surface area contributed by atoms with Crippen molar-refractivity contribution in [1.29, 1.82) is 0 Å². The summed E-state index contributed by atoms with van der Waals surface area (Å²) in [4.78, 5) is 27.6. The molecule has 1 unspecified atom stereocenters. The minimum atomic E-state index is -1.00. The van der Waals surface area contributed by atoms with Gasteiger partial charge < -0.3 is 19.6 Å². The van der Waals surface area contributed by atoms with Gasteiger partial charge in [-0.15, -0.1) is 0 Å². The molecule has 0 spiro atoms. The summed E-state index contributed by atoms with van der Waals surface area (Å²) in [6.07, 6.45) is 0. The van der Waals surface area contributed by atoms with Crippen LogP contribution in [-0.2, 0) is 11.3 Å². The molecule has 1 fully saturated rings. The lowest BCUT2D eigenvalue weighted by atomic mass is 9.98. The number of hydrogen-bond acceptors (Lipinski definition) is 6. The van der Waals surface area contributed by atoms with Gasteiger partial charge in [0, 0.05) is 42.0 Å². The first-order valence-electron chi connectivity index (χ1n) is 12.9. The number of aryl methyl sites for hydroxylation is 1. The summed E-state index contributed by atoms with van der Waals surface area (Å²) in [5, 5.41) is 13.4. The van der Waals surface area contributed by atoms with E-state index in [2.05, 4.69) is 22.3 Å². The number of fused-ring (bicyclic) bond motifs is 1. The van der Waals surface area contributed by atoms with Crippen molar-refractivity contribution < 1.29 is 19.1 Å². The van der Waals surface area contributed by atoms with Gasteiger partial charge in [0.1, 0.15) is 11.3 Å². The van der Waals surface area contributed by atoms with Crippen LogP contribution in [0.2, 0.25) is 0 Å². The number of nitrogens with one attached hydrogen (secondary N) is 1. The number of hydrogen-bond donors (Lipinski definition) is 2. The van der Waals surface area contributed by atoms with Gasteiger partial charge in [0.05, 0.1) is 30.2 Å². The first-order valence-corrected chi connectivity index (χ1v) is 12.9. The van der Waals surface area contributed by atoms with Crippen molar-refractivity contribution in [1.82, 2.24) is 4.90 Å². The number of carboxylic acids is 1. The Morgan fingerprint density at radius 2 is 1.76 bits per heavy atom. The number of aromatic carboxylic acids is 1. The highest BCUT2D eigenvalue weighted by Gasteiger charge is 2.20. The summed E-state index contributed by atoms with van der Waals surface area (Å²) in [6.45, 7) is 9.90. The molecule has 2 heterocycles. The van der Waals surface area contributed by atoms with E-state index in [1.165, 1.54) is 5.56 Å². The Hall–Kier alpha value is -3.94. The lowest BCUT2D eigenvalue weighted by Gasteiger charge is -2.26. The number of carboxylic acid groups (broad SMARTS) is 1. The lowest BCUT2D eigenvalue weighted by Crippen LogP contribution is -2.35. The van der Waals surface area contributed by atoms with Crippen molar-refractivity contribution in [2.24, 2.45) is 0 Å². The third-order valence-electron chi connectivity index (χ3n) is 7.11. The number of ether oxygens (including phenoxy) is 1. The smallest absolute Gasteiger partial charge is 0.337 e. The predicted octanol–water partition coefficient (Wildman–Crippen LogP) is 5.78. The Bertz CT molecular complexity index is 1530. The summed E-state index contributed by atoms with van der Waals surface area (Å²) >= 11 is 0. The average molecular weight is 513 g/mol. The van der Waals surface area contributed by atoms with Gasteiger partial charge in [0.15, 0.2) is 5.43 Å². The SMILES string of the molecule is Cc1cc(C(C)Nc2ccccc2C(=O)O)c2oc(-c3ccc(CN4CCOCC4)cc3)c(C)c(=O)c2c1. The van der Waals surface area contributed by atoms with Gasteiger partial charge in [-0.3, -0.25) is 9.69 Å². The molecule has 38 heavy (non-hydrogen) atoms. The molecule has 0 radical (unpaired) electrons. The number of anilines is 1. The highest BCUT2D eigenvalue weighted by atomic mass is 16.5. The fourth-order valence-corrected chi connectivity index (χ4v) is 5.05. The van der Waals surface area contributed by atoms with Gasteiger partial charge in [0.2, 0.25) is 0 Å². The van der Waals surface area contributed by atoms with Crippen molar-refractivity contribution in [3.63, 3.8) is 0 Å². The van der Waals surface area contributed by atoms with Crippen LogP contribution >= 0.6 is 0 Å². The minimum absolute atomic E-state index is 0.0678. The molecule has 7 nitrogen and oxygen atoms in total. The van der Waals surface area contributed by atoms with E-state index in [0.29, 0.717) is 28.0 Å². The summed E-state index contributed by atoms with van der Waals surface area (Å²) < 4.78 is 11.9. The first kappa shape index (κ1) is 25.7. The molecule has 3 aromatic carbocycles. The molecule has 196 valence electrons. The molecule has 1 aliphatic rings. The molecule has 7 heteroatoms. The van der Waals surface area contributed by atoms with E-state index in [1.54, 1.807) is 31.2 Å². The van der Waals surface area contributed by atoms with Crippen LogP contribution in [0.4, 0.5) is 5.69 Å². The monoisotopic (exact) mass is 512 g/mol. The van der Waals surface area contributed by atoms with Crippen molar-refractivity contribution in [2.45, 2.75) is 33.4 Å². The molecule has 0 aliphatic carbocycles. The third-order valence-corrected chi connectivity index (χ3v) is 7.11. The highest BCUT2D eigenvalue weighted by Crippen LogP contribution is 2.33. The minimum Gasteiger partial charge on any atom is -0.478 e. The molecule has 2 N–H and O–H groups in total. The van der Waals surface area contributed by atoms with Crippen molar-refractivity contribution in [2.75, 3.05) is 31.6 Å². The number of morpholine rings is 1. The quantitative estimate of drug-likeness (QED) is 0.324. The number of benzene rings is 3. The van der Waals surface area contributed by atoms with E-state index in [-0.39, 0.29) is 17.0 Å². The summed E-state index contributed by atoms with van der Waals surface area (Å²) in [7, 11) is 0. The van der Waals surface area contributed by atoms with E-state index in [1.807, 2.05) is 38.1 Å². The topological polar surface area (TPSA) is 92.0 Å². The molecule has 0 saturated carbocycles. The van der Waals surface area contributed by atoms with Crippen LogP contribution < -0.4 is 10.7 Å². The molecule has 1 saturated heterocycles. The maximum absolute atomic E-state index is 13.5. The fourth-order valence-electron chi connectivity index (χ4n) is 5.05. The Labute approximate surface area is 221 Å². The van der Waals surface area contributed by atoms with Crippen LogP contribution in [0, 0.1) is 13.8 Å². The van der Waals surface area contributed by atoms with Crippen LogP contribution in [0.5, 0.6) is 0 Å². The third kappa shape index (κ3) is 5.21. The largest absolute Gasteiger partial charge is 0.478 e. The molecule has 1 aromatic heterocycles. The molecule has 1 aliphatic heterocycles. The zero-order valence-corrected chi connectivity index (χ0v) is 21.9. The number of rotatable bonds is 7. The van der Waals surface area contributed by atoms with Gasteiger partial charge in [-0.1, -0.05) is 42.5 Å². The Morgan fingerprint density at radius 3 is 2.47 bits per heavy atom. The molecular formula is C31H32N2O5. The van der Waals surface area contributed by atoms with Crippen LogP contribution in [0.25, 0.3) is 22.3 Å². The predicted molar refractivity (Wildman–Crippen MR) is 149 cm³/mol. The van der Waals surface area contributed by atoms with E-state index in [4.69, 9.17) is 9.15 Å². The van der Waals surface area contributed by atoms with Crippen molar-refractivity contribution in [3.8, 4) is 11.3 Å². The number of nitrogens with zero attached hydrogens (tertiary/aromatic N) is 1. The van der Waals surface area contributed by atoms with E-state index >= 15 is 0 Å². The molecule has 4 aromatic rings. The zero-order valence-electron chi connectivity index (χ0n) is 21.9. The number of para-hydroxylation sites is 1. The van der Waals surface area contributed by atoms with Gasteiger partial charge in [-0.2, -0.15) is 0 Å². The molecule has 0 amide bonds. The van der Waals surface area contributed by atoms with Gasteiger partial charge in [-0.25, -0.2) is 4.79 Å². The van der Waals surface area contributed by atoms with E-state index < -0.39 is 5.97 Å². The van der Waals surface area contributed by atoms with Crippen LogP contribution in [-0.4, -0.2) is 42.3 Å². The maximum Gasteiger partial charge on any atom is 0.337 e. The lowest BCUT2D eigenvalue weighted by molar-refractivity contribution is 0.0342. The normalized spacial score (nSPS) is 14.9. The second-order valence-electron chi connectivity index (χ2n) is 9.92. The van der Waals surface area contributed by atoms with Crippen LogP contribution in [0.1, 0.15) is 45.6 Å². The molecule has 0 bridgehead atoms. The van der Waals surface area contributed by atoms with Crippen molar-refractivity contribution in [3.05, 3.63) is 98.7 Å². The van der Waals surface area contributed by atoms with Gasteiger partial charge >= 0.3 is 5.97 Å². The van der Waals surface area contributed by atoms with Crippen molar-refractivity contribution >= 4 is 22.6 Å². The van der Waals surface area contributed by atoms with E-state index in [0.717, 1.165) is 49.5 Å². The Morgan fingerprint density at radius 1 is 1.05 bits per heavy atom. The fraction of sp³-hybridized carbons (Fsp3) is 0.290. The van der Waals surface area contributed by atoms with Crippen LogP contribution in [0.15, 0.2) is 69.9 Å². The standard InChI is InChI=1S/C31H32N2O5/c1-19-16-25(21(3)32-27-7-5-4-6-24(27)31(35)36)30-26(17-19)28(34)20(2)29(38-30)23-10-8-22(9-11-23)18-33-12-14-37-15-13-33/h4-11,16-17,21,32H,12-15,18H2,1-3H3,(H,35,36). The zero-order chi connectivity index (χ0) is 26.8. The second-order valence-corrected chi connectivity index (χ2v) is 9.92. The first-order chi connectivity index (χ1) is 18.3. The van der Waals surface area contributed by atoms with Crippen LogP contribution in [0.3, 0.4) is 0 Å². The summed E-state index contributed by atoms with van der Waals surface area (Å²) in [5.41, 5.74) is 5.46. The van der Waals surface area contributed by atoms with Gasteiger partial charge in [-0.05, 0) is 50.1 Å². The molecule has 5 rings (SSSR count). The maximum atomic E-state index is 13.5. The van der Waals surface area contributed by atoms with E-state index in [9.17, 15) is 14.7 Å².